The van der Waals surface area contributed by atoms with Crippen LogP contribution in [0.1, 0.15) is 36.0 Å². The molecule has 1 aromatic carbocycles. The lowest BCUT2D eigenvalue weighted by Crippen LogP contribution is -2.30. The third-order valence-electron chi connectivity index (χ3n) is 4.89. The van der Waals surface area contributed by atoms with Crippen LogP contribution in [0.2, 0.25) is 0 Å². The second kappa shape index (κ2) is 6.92. The molecule has 0 saturated carbocycles. The van der Waals surface area contributed by atoms with Crippen LogP contribution in [0.4, 0.5) is 5.69 Å². The van der Waals surface area contributed by atoms with Crippen molar-refractivity contribution in [2.75, 3.05) is 4.90 Å². The van der Waals surface area contributed by atoms with Crippen molar-refractivity contribution in [2.45, 2.75) is 32.5 Å². The van der Waals surface area contributed by atoms with E-state index in [2.05, 4.69) is 82.3 Å². The van der Waals surface area contributed by atoms with E-state index in [9.17, 15) is 0 Å². The smallest absolute Gasteiger partial charge is 0.174 e. The van der Waals surface area contributed by atoms with Gasteiger partial charge in [0.15, 0.2) is 5.11 Å². The first-order valence-corrected chi connectivity index (χ1v) is 9.32. The zero-order valence-electron chi connectivity index (χ0n) is 15.0. The Bertz CT molecular complexity index is 919. The van der Waals surface area contributed by atoms with Crippen molar-refractivity contribution in [2.24, 2.45) is 0 Å². The number of aromatic nitrogens is 2. The summed E-state index contributed by atoms with van der Waals surface area (Å²) in [5.41, 5.74) is 4.56. The molecule has 2 aromatic heterocycles. The molecule has 3 aromatic rings. The average Bonchev–Trinajstić information content (AvgIpc) is 3.26. The molecule has 0 bridgehead atoms. The fraction of sp³-hybridized carbons (Fsp3) is 0.238. The molecule has 0 radical (unpaired) electrons. The summed E-state index contributed by atoms with van der Waals surface area (Å²) in [4.78, 5) is 6.82. The Labute approximate surface area is 159 Å². The molecule has 0 spiro atoms. The van der Waals surface area contributed by atoms with Gasteiger partial charge >= 0.3 is 0 Å². The minimum absolute atomic E-state index is 0.00409. The molecule has 4 rings (SSSR count). The van der Waals surface area contributed by atoms with Gasteiger partial charge in [-0.25, -0.2) is 0 Å². The normalized spacial score (nSPS) is 19.6. The summed E-state index contributed by atoms with van der Waals surface area (Å²) in [6, 6.07) is 18.9. The standard InChI is InChI=1S/C21H22N4S/c1-3-24-13-7-11-18(24)20-19(17-10-4-5-12-22-17)23-21(26)25(20)16-9-6-8-15(2)14-16/h4-14,19-20H,3H2,1-2H3,(H,23,26). The first kappa shape index (κ1) is 16.8. The summed E-state index contributed by atoms with van der Waals surface area (Å²) in [6.07, 6.45) is 3.96. The van der Waals surface area contributed by atoms with Crippen LogP contribution >= 0.6 is 12.2 Å². The lowest BCUT2D eigenvalue weighted by atomic mass is 10.0. The van der Waals surface area contributed by atoms with Gasteiger partial charge in [-0.1, -0.05) is 18.2 Å². The highest BCUT2D eigenvalue weighted by atomic mass is 32.1. The topological polar surface area (TPSA) is 33.1 Å². The molecule has 1 N–H and O–H groups in total. The Kier molecular flexibility index (Phi) is 4.47. The van der Waals surface area contributed by atoms with E-state index in [1.165, 1.54) is 11.3 Å². The molecule has 3 heterocycles. The van der Waals surface area contributed by atoms with Crippen molar-refractivity contribution >= 4 is 23.0 Å². The van der Waals surface area contributed by atoms with Gasteiger partial charge in [-0.3, -0.25) is 4.98 Å². The largest absolute Gasteiger partial charge is 0.351 e. The maximum Gasteiger partial charge on any atom is 0.174 e. The molecular weight excluding hydrogens is 340 g/mol. The SMILES string of the molecule is CCn1cccc1C1C(c2ccccn2)NC(=S)N1c1cccc(C)c1. The van der Waals surface area contributed by atoms with Gasteiger partial charge in [0.05, 0.1) is 11.7 Å². The quantitative estimate of drug-likeness (QED) is 0.698. The maximum atomic E-state index is 5.75. The summed E-state index contributed by atoms with van der Waals surface area (Å²) >= 11 is 5.75. The molecule has 4 nitrogen and oxygen atoms in total. The summed E-state index contributed by atoms with van der Waals surface area (Å²) in [5.74, 6) is 0. The Morgan fingerprint density at radius 3 is 2.73 bits per heavy atom. The van der Waals surface area contributed by atoms with Gasteiger partial charge in [0, 0.05) is 30.3 Å². The fourth-order valence-electron chi connectivity index (χ4n) is 3.70. The zero-order valence-corrected chi connectivity index (χ0v) is 15.8. The van der Waals surface area contributed by atoms with E-state index >= 15 is 0 Å². The Balaban J connectivity index is 1.85. The van der Waals surface area contributed by atoms with Crippen LogP contribution in [0, 0.1) is 6.92 Å². The van der Waals surface area contributed by atoms with E-state index in [0.29, 0.717) is 0 Å². The number of nitrogens with zero attached hydrogens (tertiary/aromatic N) is 3. The van der Waals surface area contributed by atoms with Crippen LogP contribution in [-0.4, -0.2) is 14.7 Å². The van der Waals surface area contributed by atoms with Crippen LogP contribution in [0.25, 0.3) is 0 Å². The number of benzene rings is 1. The fourth-order valence-corrected chi connectivity index (χ4v) is 4.04. The molecule has 2 unspecified atom stereocenters. The van der Waals surface area contributed by atoms with Crippen molar-refractivity contribution in [1.29, 1.82) is 0 Å². The van der Waals surface area contributed by atoms with E-state index in [0.717, 1.165) is 23.0 Å². The first-order chi connectivity index (χ1) is 12.7. The van der Waals surface area contributed by atoms with Gasteiger partial charge in [-0.2, -0.15) is 0 Å². The van der Waals surface area contributed by atoms with Gasteiger partial charge in [0.2, 0.25) is 0 Å². The summed E-state index contributed by atoms with van der Waals surface area (Å²) in [6.45, 7) is 5.19. The van der Waals surface area contributed by atoms with E-state index in [-0.39, 0.29) is 12.1 Å². The number of nitrogens with one attached hydrogen (secondary N) is 1. The third kappa shape index (κ3) is 2.88. The molecule has 5 heteroatoms. The van der Waals surface area contributed by atoms with Crippen molar-refractivity contribution in [1.82, 2.24) is 14.9 Å². The number of rotatable bonds is 4. The zero-order chi connectivity index (χ0) is 18.1. The van der Waals surface area contributed by atoms with E-state index in [1.54, 1.807) is 0 Å². The summed E-state index contributed by atoms with van der Waals surface area (Å²) in [5, 5.41) is 4.25. The lowest BCUT2D eigenvalue weighted by molar-refractivity contribution is 0.529. The molecule has 0 amide bonds. The number of anilines is 1. The van der Waals surface area contributed by atoms with Crippen LogP contribution in [-0.2, 0) is 6.54 Å². The number of hydrogen-bond donors (Lipinski definition) is 1. The number of hydrogen-bond acceptors (Lipinski definition) is 2. The Hall–Kier alpha value is -2.66. The second-order valence-corrected chi connectivity index (χ2v) is 6.94. The predicted octanol–water partition coefficient (Wildman–Crippen LogP) is 4.39. The molecule has 1 fully saturated rings. The van der Waals surface area contributed by atoms with Gasteiger partial charge in [0.1, 0.15) is 6.04 Å². The summed E-state index contributed by atoms with van der Waals surface area (Å²) < 4.78 is 2.28. The van der Waals surface area contributed by atoms with Crippen molar-refractivity contribution in [3.8, 4) is 0 Å². The van der Waals surface area contributed by atoms with Crippen LogP contribution in [0.3, 0.4) is 0 Å². The highest BCUT2D eigenvalue weighted by molar-refractivity contribution is 7.80. The molecule has 0 aliphatic carbocycles. The first-order valence-electron chi connectivity index (χ1n) is 8.91. The van der Waals surface area contributed by atoms with E-state index in [1.807, 2.05) is 18.3 Å². The number of thiocarbonyl (C=S) groups is 1. The highest BCUT2D eigenvalue weighted by Crippen LogP contribution is 2.41. The van der Waals surface area contributed by atoms with Gasteiger partial charge in [0.25, 0.3) is 0 Å². The van der Waals surface area contributed by atoms with Gasteiger partial charge < -0.3 is 14.8 Å². The molecular formula is C21H22N4S. The number of aryl methyl sites for hydroxylation is 2. The van der Waals surface area contributed by atoms with Crippen LogP contribution in [0.15, 0.2) is 67.0 Å². The van der Waals surface area contributed by atoms with Crippen molar-refractivity contribution in [3.63, 3.8) is 0 Å². The van der Waals surface area contributed by atoms with Gasteiger partial charge in [-0.15, -0.1) is 0 Å². The van der Waals surface area contributed by atoms with E-state index in [4.69, 9.17) is 12.2 Å². The summed E-state index contributed by atoms with van der Waals surface area (Å²) in [7, 11) is 0. The van der Waals surface area contributed by atoms with Crippen LogP contribution in [0.5, 0.6) is 0 Å². The maximum absolute atomic E-state index is 5.75. The molecule has 1 saturated heterocycles. The lowest BCUT2D eigenvalue weighted by Gasteiger charge is -2.29. The van der Waals surface area contributed by atoms with Crippen molar-refractivity contribution < 1.29 is 0 Å². The van der Waals surface area contributed by atoms with Gasteiger partial charge in [-0.05, 0) is 68.0 Å². The highest BCUT2D eigenvalue weighted by Gasteiger charge is 2.41. The van der Waals surface area contributed by atoms with Crippen LogP contribution < -0.4 is 10.2 Å². The minimum atomic E-state index is 0.00409. The Morgan fingerprint density at radius 2 is 2.00 bits per heavy atom. The molecule has 1 aliphatic heterocycles. The molecule has 132 valence electrons. The number of pyridine rings is 1. The molecule has 1 aliphatic rings. The van der Waals surface area contributed by atoms with Crippen molar-refractivity contribution in [3.05, 3.63) is 83.9 Å². The van der Waals surface area contributed by atoms with E-state index < -0.39 is 0 Å². The monoisotopic (exact) mass is 362 g/mol. The predicted molar refractivity (Wildman–Crippen MR) is 109 cm³/mol. The third-order valence-corrected chi connectivity index (χ3v) is 5.20. The molecule has 2 atom stereocenters. The average molecular weight is 363 g/mol. The minimum Gasteiger partial charge on any atom is -0.351 e. The molecule has 26 heavy (non-hydrogen) atoms. The Morgan fingerprint density at radius 1 is 1.12 bits per heavy atom. The second-order valence-electron chi connectivity index (χ2n) is 6.55.